The van der Waals surface area contributed by atoms with Crippen LogP contribution in [0.25, 0.3) is 0 Å². The number of urea groups is 1. The number of ether oxygens (including phenoxy) is 1. The highest BCUT2D eigenvalue weighted by Gasteiger charge is 2.25. The van der Waals surface area contributed by atoms with E-state index in [1.165, 1.54) is 18.4 Å². The van der Waals surface area contributed by atoms with Crippen molar-refractivity contribution in [2.75, 3.05) is 6.61 Å². The zero-order chi connectivity index (χ0) is 15.6. The number of carbonyl (C=O) groups excluding carboxylic acids is 1. The Labute approximate surface area is 135 Å². The van der Waals surface area contributed by atoms with E-state index in [1.807, 2.05) is 24.3 Å². The van der Waals surface area contributed by atoms with Gasteiger partial charge in [-0.25, -0.2) is 4.79 Å². The first kappa shape index (κ1) is 14.1. The van der Waals surface area contributed by atoms with Crippen LogP contribution in [-0.2, 0) is 6.54 Å². The molecule has 1 heterocycles. The topological polar surface area (TPSA) is 50.4 Å². The van der Waals surface area contributed by atoms with Crippen LogP contribution in [0.2, 0.25) is 0 Å². The lowest BCUT2D eigenvalue weighted by Crippen LogP contribution is -2.38. The molecule has 0 spiro atoms. The summed E-state index contributed by atoms with van der Waals surface area (Å²) < 4.78 is 5.57. The first-order chi connectivity index (χ1) is 11.3. The number of hydrogen-bond acceptors (Lipinski definition) is 2. The molecule has 2 aromatic carbocycles. The Hall–Kier alpha value is -2.49. The minimum atomic E-state index is -0.165. The minimum Gasteiger partial charge on any atom is -0.491 e. The van der Waals surface area contributed by atoms with Crippen molar-refractivity contribution in [1.82, 2.24) is 10.6 Å². The fourth-order valence-electron chi connectivity index (χ4n) is 3.00. The van der Waals surface area contributed by atoms with E-state index < -0.39 is 0 Å². The SMILES string of the molecule is O=C(NCc1ccc(C2CC2)cc1)N[C@@H]1COc2ccccc21. The lowest BCUT2D eigenvalue weighted by atomic mass is 10.1. The molecule has 118 valence electrons. The molecule has 2 aromatic rings. The molecular formula is C19H20N2O2. The summed E-state index contributed by atoms with van der Waals surface area (Å²) in [5.41, 5.74) is 3.57. The molecule has 2 aliphatic rings. The third-order valence-electron chi connectivity index (χ3n) is 4.49. The lowest BCUT2D eigenvalue weighted by molar-refractivity contribution is 0.231. The first-order valence-corrected chi connectivity index (χ1v) is 8.14. The maximum Gasteiger partial charge on any atom is 0.315 e. The summed E-state index contributed by atoms with van der Waals surface area (Å²) in [6, 6.07) is 16.1. The molecule has 1 saturated carbocycles. The third kappa shape index (κ3) is 3.16. The molecule has 23 heavy (non-hydrogen) atoms. The standard InChI is InChI=1S/C19H20N2O2/c22-19(21-17-12-23-18-4-2-1-3-16(17)18)20-11-13-5-7-14(8-6-13)15-9-10-15/h1-8,15,17H,9-12H2,(H2,20,21,22)/t17-/m1/s1. The molecule has 1 aliphatic heterocycles. The van der Waals surface area contributed by atoms with Gasteiger partial charge in [-0.1, -0.05) is 42.5 Å². The predicted octanol–water partition coefficient (Wildman–Crippen LogP) is 3.50. The summed E-state index contributed by atoms with van der Waals surface area (Å²) in [6.45, 7) is 1.02. The Balaban J connectivity index is 1.30. The monoisotopic (exact) mass is 308 g/mol. The first-order valence-electron chi connectivity index (χ1n) is 8.14. The molecule has 2 amide bonds. The molecule has 2 N–H and O–H groups in total. The smallest absolute Gasteiger partial charge is 0.315 e. The summed E-state index contributed by atoms with van der Waals surface area (Å²) >= 11 is 0. The summed E-state index contributed by atoms with van der Waals surface area (Å²) in [4.78, 5) is 12.1. The van der Waals surface area contributed by atoms with E-state index in [0.29, 0.717) is 13.2 Å². The second-order valence-electron chi connectivity index (χ2n) is 6.24. The lowest BCUT2D eigenvalue weighted by Gasteiger charge is -2.13. The van der Waals surface area contributed by atoms with Gasteiger partial charge in [0.05, 0.1) is 6.04 Å². The molecule has 4 nitrogen and oxygen atoms in total. The Bertz CT molecular complexity index is 708. The van der Waals surface area contributed by atoms with Gasteiger partial charge in [0.15, 0.2) is 0 Å². The fraction of sp³-hybridized carbons (Fsp3) is 0.316. The van der Waals surface area contributed by atoms with E-state index in [1.54, 1.807) is 0 Å². The number of hydrogen-bond donors (Lipinski definition) is 2. The zero-order valence-corrected chi connectivity index (χ0v) is 12.9. The third-order valence-corrected chi connectivity index (χ3v) is 4.49. The number of rotatable bonds is 4. The minimum absolute atomic E-state index is 0.0801. The molecule has 0 bridgehead atoms. The fourth-order valence-corrected chi connectivity index (χ4v) is 3.00. The van der Waals surface area contributed by atoms with E-state index in [4.69, 9.17) is 4.74 Å². The number of benzene rings is 2. The normalized spacial score (nSPS) is 18.9. The second kappa shape index (κ2) is 5.95. The van der Waals surface area contributed by atoms with Crippen molar-refractivity contribution in [2.24, 2.45) is 0 Å². The van der Waals surface area contributed by atoms with Crippen molar-refractivity contribution in [1.29, 1.82) is 0 Å². The van der Waals surface area contributed by atoms with Crippen LogP contribution in [0.15, 0.2) is 48.5 Å². The number of para-hydroxylation sites is 1. The van der Waals surface area contributed by atoms with Crippen LogP contribution in [0.4, 0.5) is 4.79 Å². The summed E-state index contributed by atoms with van der Waals surface area (Å²) in [7, 11) is 0. The van der Waals surface area contributed by atoms with Crippen molar-refractivity contribution >= 4 is 6.03 Å². The quantitative estimate of drug-likeness (QED) is 0.908. The van der Waals surface area contributed by atoms with Gasteiger partial charge in [-0.3, -0.25) is 0 Å². The van der Waals surface area contributed by atoms with Crippen LogP contribution in [0.1, 0.15) is 41.5 Å². The van der Waals surface area contributed by atoms with E-state index in [9.17, 15) is 4.79 Å². The summed E-state index contributed by atoms with van der Waals surface area (Å²) in [6.07, 6.45) is 2.62. The second-order valence-corrected chi connectivity index (χ2v) is 6.24. The van der Waals surface area contributed by atoms with Crippen molar-refractivity contribution in [3.8, 4) is 5.75 Å². The zero-order valence-electron chi connectivity index (χ0n) is 12.9. The average Bonchev–Trinajstić information content (AvgIpc) is 3.36. The highest BCUT2D eigenvalue weighted by Crippen LogP contribution is 2.39. The Morgan fingerprint density at radius 1 is 1.09 bits per heavy atom. The van der Waals surface area contributed by atoms with Crippen molar-refractivity contribution in [3.63, 3.8) is 0 Å². The molecule has 4 heteroatoms. The van der Waals surface area contributed by atoms with E-state index in [0.717, 1.165) is 22.8 Å². The Kier molecular flexibility index (Phi) is 3.66. The number of nitrogens with one attached hydrogen (secondary N) is 2. The number of fused-ring (bicyclic) bond motifs is 1. The Morgan fingerprint density at radius 3 is 2.65 bits per heavy atom. The van der Waals surface area contributed by atoms with Gasteiger partial charge in [0, 0.05) is 12.1 Å². The molecule has 1 aliphatic carbocycles. The van der Waals surface area contributed by atoms with Crippen LogP contribution in [-0.4, -0.2) is 12.6 Å². The highest BCUT2D eigenvalue weighted by atomic mass is 16.5. The molecule has 4 rings (SSSR count). The number of carbonyl (C=O) groups is 1. The largest absolute Gasteiger partial charge is 0.491 e. The van der Waals surface area contributed by atoms with Gasteiger partial charge in [0.25, 0.3) is 0 Å². The Morgan fingerprint density at radius 2 is 1.87 bits per heavy atom. The summed E-state index contributed by atoms with van der Waals surface area (Å²) in [5.74, 6) is 1.62. The van der Waals surface area contributed by atoms with Gasteiger partial charge < -0.3 is 15.4 Å². The maximum atomic E-state index is 12.1. The van der Waals surface area contributed by atoms with Gasteiger partial charge in [-0.2, -0.15) is 0 Å². The van der Waals surface area contributed by atoms with Crippen LogP contribution < -0.4 is 15.4 Å². The van der Waals surface area contributed by atoms with Crippen molar-refractivity contribution in [2.45, 2.75) is 31.3 Å². The molecule has 0 unspecified atom stereocenters. The van der Waals surface area contributed by atoms with Crippen LogP contribution >= 0.6 is 0 Å². The van der Waals surface area contributed by atoms with Crippen LogP contribution in [0.3, 0.4) is 0 Å². The molecular weight excluding hydrogens is 288 g/mol. The average molecular weight is 308 g/mol. The van der Waals surface area contributed by atoms with Crippen molar-refractivity contribution < 1.29 is 9.53 Å². The molecule has 1 fully saturated rings. The predicted molar refractivity (Wildman–Crippen MR) is 88.5 cm³/mol. The number of amides is 2. The van der Waals surface area contributed by atoms with E-state index in [-0.39, 0.29) is 12.1 Å². The van der Waals surface area contributed by atoms with E-state index >= 15 is 0 Å². The maximum absolute atomic E-state index is 12.1. The molecule has 0 aromatic heterocycles. The molecule has 0 saturated heterocycles. The van der Waals surface area contributed by atoms with Crippen LogP contribution in [0, 0.1) is 0 Å². The highest BCUT2D eigenvalue weighted by molar-refractivity contribution is 5.74. The van der Waals surface area contributed by atoms with Crippen LogP contribution in [0.5, 0.6) is 5.75 Å². The molecule has 0 radical (unpaired) electrons. The van der Waals surface area contributed by atoms with Gasteiger partial charge >= 0.3 is 6.03 Å². The van der Waals surface area contributed by atoms with Crippen molar-refractivity contribution in [3.05, 3.63) is 65.2 Å². The van der Waals surface area contributed by atoms with Gasteiger partial charge in [-0.15, -0.1) is 0 Å². The van der Waals surface area contributed by atoms with Gasteiger partial charge in [-0.05, 0) is 36.0 Å². The molecule has 1 atom stereocenters. The van der Waals surface area contributed by atoms with Gasteiger partial charge in [0.2, 0.25) is 0 Å². The van der Waals surface area contributed by atoms with E-state index in [2.05, 4.69) is 34.9 Å². The van der Waals surface area contributed by atoms with Gasteiger partial charge in [0.1, 0.15) is 12.4 Å². The summed E-state index contributed by atoms with van der Waals surface area (Å²) in [5, 5.41) is 5.89.